The summed E-state index contributed by atoms with van der Waals surface area (Å²) < 4.78 is 9.82. The van der Waals surface area contributed by atoms with Crippen molar-refractivity contribution in [2.45, 2.75) is 13.8 Å². The van der Waals surface area contributed by atoms with Crippen molar-refractivity contribution >= 4 is 23.3 Å². The topological polar surface area (TPSA) is 65.5 Å². The number of benzene rings is 1. The molecule has 0 amide bonds. The van der Waals surface area contributed by atoms with Crippen molar-refractivity contribution in [1.29, 1.82) is 0 Å². The molecule has 21 heavy (non-hydrogen) atoms. The van der Waals surface area contributed by atoms with E-state index in [9.17, 15) is 9.59 Å². The van der Waals surface area contributed by atoms with Gasteiger partial charge < -0.3 is 9.47 Å². The van der Waals surface area contributed by atoms with Crippen LogP contribution in [-0.2, 0) is 9.47 Å². The smallest absolute Gasteiger partial charge is 0.357 e. The molecule has 1 aromatic carbocycles. The van der Waals surface area contributed by atoms with Crippen LogP contribution in [0.15, 0.2) is 29.6 Å². The maximum absolute atomic E-state index is 11.6. The molecule has 2 aromatic rings. The highest BCUT2D eigenvalue weighted by Gasteiger charge is 2.13. The number of aromatic nitrogens is 1. The van der Waals surface area contributed by atoms with Crippen LogP contribution in [0.3, 0.4) is 0 Å². The fourth-order valence-corrected chi connectivity index (χ4v) is 2.46. The molecule has 5 nitrogen and oxygen atoms in total. The molecule has 2 rings (SSSR count). The predicted octanol–water partition coefficient (Wildman–Crippen LogP) is 3.16. The molecule has 0 saturated heterocycles. The Morgan fingerprint density at radius 2 is 1.67 bits per heavy atom. The van der Waals surface area contributed by atoms with E-state index < -0.39 is 5.97 Å². The molecule has 0 fully saturated rings. The van der Waals surface area contributed by atoms with Gasteiger partial charge in [-0.2, -0.15) is 0 Å². The number of thiazole rings is 1. The Kier molecular flexibility index (Phi) is 5.05. The molecule has 0 atom stereocenters. The number of ether oxygens (including phenoxy) is 2. The summed E-state index contributed by atoms with van der Waals surface area (Å²) in [5.41, 5.74) is 1.62. The van der Waals surface area contributed by atoms with E-state index in [-0.39, 0.29) is 5.97 Å². The predicted molar refractivity (Wildman–Crippen MR) is 79.5 cm³/mol. The third kappa shape index (κ3) is 3.66. The molecule has 0 aliphatic heterocycles. The Bertz CT molecular complexity index is 633. The first kappa shape index (κ1) is 15.2. The number of carbonyl (C=O) groups excluding carboxylic acids is 2. The number of hydrogen-bond donors (Lipinski definition) is 0. The van der Waals surface area contributed by atoms with Crippen molar-refractivity contribution in [3.05, 3.63) is 40.9 Å². The van der Waals surface area contributed by atoms with Gasteiger partial charge in [0.1, 0.15) is 5.01 Å². The average molecular weight is 305 g/mol. The second-order valence-electron chi connectivity index (χ2n) is 4.06. The fourth-order valence-electron chi connectivity index (χ4n) is 1.67. The Hall–Kier alpha value is -2.21. The minimum absolute atomic E-state index is 0.298. The highest BCUT2D eigenvalue weighted by molar-refractivity contribution is 7.13. The van der Waals surface area contributed by atoms with Crippen molar-refractivity contribution in [2.75, 3.05) is 13.2 Å². The first-order chi connectivity index (χ1) is 10.2. The first-order valence-corrected chi connectivity index (χ1v) is 7.43. The molecular formula is C15H15NO4S. The van der Waals surface area contributed by atoms with Crippen LogP contribution >= 0.6 is 11.3 Å². The SMILES string of the molecule is CCOC(=O)c1ccc(-c2nc(C(=O)OCC)cs2)cc1. The zero-order chi connectivity index (χ0) is 15.2. The highest BCUT2D eigenvalue weighted by Crippen LogP contribution is 2.24. The molecule has 0 saturated carbocycles. The lowest BCUT2D eigenvalue weighted by Gasteiger charge is -2.02. The van der Waals surface area contributed by atoms with Crippen molar-refractivity contribution in [2.24, 2.45) is 0 Å². The molecule has 0 bridgehead atoms. The summed E-state index contributed by atoms with van der Waals surface area (Å²) in [6, 6.07) is 6.91. The average Bonchev–Trinajstić information content (AvgIpc) is 2.98. The van der Waals surface area contributed by atoms with Crippen LogP contribution in [0.25, 0.3) is 10.6 Å². The quantitative estimate of drug-likeness (QED) is 0.794. The van der Waals surface area contributed by atoms with Crippen LogP contribution in [0, 0.1) is 0 Å². The van der Waals surface area contributed by atoms with Gasteiger partial charge in [0.05, 0.1) is 18.8 Å². The monoisotopic (exact) mass is 305 g/mol. The van der Waals surface area contributed by atoms with Crippen LogP contribution in [0.5, 0.6) is 0 Å². The summed E-state index contributed by atoms with van der Waals surface area (Å²) in [7, 11) is 0. The molecule has 0 aliphatic rings. The van der Waals surface area contributed by atoms with Crippen LogP contribution in [0.2, 0.25) is 0 Å². The maximum Gasteiger partial charge on any atom is 0.357 e. The Labute approximate surface area is 126 Å². The third-order valence-corrected chi connectivity index (χ3v) is 3.52. The van der Waals surface area contributed by atoms with Gasteiger partial charge in [0.15, 0.2) is 5.69 Å². The van der Waals surface area contributed by atoms with E-state index >= 15 is 0 Å². The first-order valence-electron chi connectivity index (χ1n) is 6.56. The van der Waals surface area contributed by atoms with Crippen molar-refractivity contribution in [3.8, 4) is 10.6 Å². The van der Waals surface area contributed by atoms with Gasteiger partial charge in [-0.05, 0) is 26.0 Å². The van der Waals surface area contributed by atoms with Gasteiger partial charge in [0.2, 0.25) is 0 Å². The van der Waals surface area contributed by atoms with Gasteiger partial charge >= 0.3 is 11.9 Å². The summed E-state index contributed by atoms with van der Waals surface area (Å²) in [6.45, 7) is 4.17. The Morgan fingerprint density at radius 3 is 2.29 bits per heavy atom. The normalized spacial score (nSPS) is 10.2. The van der Waals surface area contributed by atoms with Crippen LogP contribution < -0.4 is 0 Å². The Morgan fingerprint density at radius 1 is 1.05 bits per heavy atom. The zero-order valence-corrected chi connectivity index (χ0v) is 12.6. The van der Waals surface area contributed by atoms with E-state index in [0.717, 1.165) is 5.56 Å². The summed E-state index contributed by atoms with van der Waals surface area (Å²) >= 11 is 1.35. The standard InChI is InChI=1S/C15H15NO4S/c1-3-19-14(17)11-7-5-10(6-8-11)13-16-12(9-21-13)15(18)20-4-2/h5-9H,3-4H2,1-2H3. The summed E-state index contributed by atoms with van der Waals surface area (Å²) in [5, 5.41) is 2.36. The molecule has 0 spiro atoms. The van der Waals surface area contributed by atoms with E-state index in [4.69, 9.17) is 9.47 Å². The van der Waals surface area contributed by atoms with Crippen LogP contribution in [0.1, 0.15) is 34.7 Å². The summed E-state index contributed by atoms with van der Waals surface area (Å²) in [6.07, 6.45) is 0. The lowest BCUT2D eigenvalue weighted by atomic mass is 10.1. The molecule has 0 unspecified atom stereocenters. The van der Waals surface area contributed by atoms with Gasteiger partial charge in [-0.3, -0.25) is 0 Å². The van der Waals surface area contributed by atoms with E-state index in [1.165, 1.54) is 11.3 Å². The number of nitrogens with zero attached hydrogens (tertiary/aromatic N) is 1. The molecule has 0 radical (unpaired) electrons. The molecular weight excluding hydrogens is 290 g/mol. The van der Waals surface area contributed by atoms with Gasteiger partial charge in [0.25, 0.3) is 0 Å². The van der Waals surface area contributed by atoms with E-state index in [0.29, 0.717) is 29.5 Å². The molecule has 1 heterocycles. The summed E-state index contributed by atoms with van der Waals surface area (Å²) in [5.74, 6) is -0.779. The lowest BCUT2D eigenvalue weighted by Crippen LogP contribution is -2.05. The number of hydrogen-bond acceptors (Lipinski definition) is 6. The third-order valence-electron chi connectivity index (χ3n) is 2.63. The molecule has 6 heteroatoms. The zero-order valence-electron chi connectivity index (χ0n) is 11.8. The molecule has 1 aromatic heterocycles. The van der Waals surface area contributed by atoms with Crippen LogP contribution in [0.4, 0.5) is 0 Å². The maximum atomic E-state index is 11.6. The lowest BCUT2D eigenvalue weighted by molar-refractivity contribution is 0.0513. The van der Waals surface area contributed by atoms with Gasteiger partial charge in [-0.15, -0.1) is 11.3 Å². The Balaban J connectivity index is 2.15. The second kappa shape index (κ2) is 6.99. The number of rotatable bonds is 5. The minimum Gasteiger partial charge on any atom is -0.462 e. The van der Waals surface area contributed by atoms with Gasteiger partial charge in [0, 0.05) is 10.9 Å². The fraction of sp³-hybridized carbons (Fsp3) is 0.267. The minimum atomic E-state index is -0.428. The summed E-state index contributed by atoms with van der Waals surface area (Å²) in [4.78, 5) is 27.4. The second-order valence-corrected chi connectivity index (χ2v) is 4.91. The van der Waals surface area contributed by atoms with Crippen molar-refractivity contribution in [1.82, 2.24) is 4.98 Å². The van der Waals surface area contributed by atoms with Gasteiger partial charge in [-0.1, -0.05) is 12.1 Å². The van der Waals surface area contributed by atoms with Gasteiger partial charge in [-0.25, -0.2) is 14.6 Å². The van der Waals surface area contributed by atoms with E-state index in [1.54, 1.807) is 43.5 Å². The van der Waals surface area contributed by atoms with Crippen molar-refractivity contribution in [3.63, 3.8) is 0 Å². The van der Waals surface area contributed by atoms with E-state index in [2.05, 4.69) is 4.98 Å². The highest BCUT2D eigenvalue weighted by atomic mass is 32.1. The van der Waals surface area contributed by atoms with Crippen molar-refractivity contribution < 1.29 is 19.1 Å². The molecule has 110 valence electrons. The number of carbonyl (C=O) groups is 2. The number of esters is 2. The molecule has 0 N–H and O–H groups in total. The molecule has 0 aliphatic carbocycles. The largest absolute Gasteiger partial charge is 0.462 e. The van der Waals surface area contributed by atoms with E-state index in [1.807, 2.05) is 0 Å². The van der Waals surface area contributed by atoms with Crippen LogP contribution in [-0.4, -0.2) is 30.1 Å².